The zero-order valence-corrected chi connectivity index (χ0v) is 12.3. The molecule has 0 amide bonds. The summed E-state index contributed by atoms with van der Waals surface area (Å²) in [5.41, 5.74) is 2.73. The van der Waals surface area contributed by atoms with E-state index in [1.807, 2.05) is 0 Å². The lowest BCUT2D eigenvalue weighted by Gasteiger charge is -2.31. The molecule has 1 aliphatic rings. The minimum absolute atomic E-state index is 0. The first kappa shape index (κ1) is 15.3. The van der Waals surface area contributed by atoms with E-state index < -0.39 is 0 Å². The van der Waals surface area contributed by atoms with Crippen molar-refractivity contribution in [1.29, 1.82) is 0 Å². The molecular weight excluding hydrogens is 244 g/mol. The van der Waals surface area contributed by atoms with Crippen LogP contribution >= 0.6 is 12.4 Å². The van der Waals surface area contributed by atoms with Gasteiger partial charge < -0.3 is 10.2 Å². The van der Waals surface area contributed by atoms with Crippen molar-refractivity contribution in [2.45, 2.75) is 26.7 Å². The van der Waals surface area contributed by atoms with Gasteiger partial charge in [-0.15, -0.1) is 12.4 Å². The van der Waals surface area contributed by atoms with Crippen molar-refractivity contribution in [2.75, 3.05) is 31.1 Å². The highest BCUT2D eigenvalue weighted by Gasteiger charge is 2.16. The van der Waals surface area contributed by atoms with Crippen molar-refractivity contribution >= 4 is 18.1 Å². The average molecular weight is 269 g/mol. The molecule has 2 rings (SSSR count). The van der Waals surface area contributed by atoms with Gasteiger partial charge >= 0.3 is 0 Å². The summed E-state index contributed by atoms with van der Waals surface area (Å²) in [6, 6.07) is 8.86. The lowest BCUT2D eigenvalue weighted by atomic mass is 9.97. The maximum Gasteiger partial charge on any atom is 0.0368 e. The topological polar surface area (TPSA) is 15.3 Å². The summed E-state index contributed by atoms with van der Waals surface area (Å²) in [6.07, 6.45) is 2.64. The summed E-state index contributed by atoms with van der Waals surface area (Å²) >= 11 is 0. The molecule has 1 aromatic carbocycles. The van der Waals surface area contributed by atoms with Gasteiger partial charge in [0.15, 0.2) is 0 Å². The normalized spacial score (nSPS) is 16.1. The Bertz CT molecular complexity index is 348. The van der Waals surface area contributed by atoms with E-state index in [-0.39, 0.29) is 12.4 Å². The number of aryl methyl sites for hydroxylation is 1. The fraction of sp³-hybridized carbons (Fsp3) is 0.600. The van der Waals surface area contributed by atoms with E-state index >= 15 is 0 Å². The van der Waals surface area contributed by atoms with Gasteiger partial charge in [0.1, 0.15) is 0 Å². The summed E-state index contributed by atoms with van der Waals surface area (Å²) in [4.78, 5) is 2.52. The van der Waals surface area contributed by atoms with Crippen molar-refractivity contribution in [3.63, 3.8) is 0 Å². The molecule has 1 saturated heterocycles. The second-order valence-corrected chi connectivity index (χ2v) is 5.07. The van der Waals surface area contributed by atoms with E-state index in [4.69, 9.17) is 0 Å². The molecule has 0 unspecified atom stereocenters. The van der Waals surface area contributed by atoms with Gasteiger partial charge in [-0.25, -0.2) is 0 Å². The Morgan fingerprint density at radius 2 is 2.00 bits per heavy atom. The summed E-state index contributed by atoms with van der Waals surface area (Å²) in [5, 5.41) is 3.44. The molecule has 3 heteroatoms. The van der Waals surface area contributed by atoms with Gasteiger partial charge in [0, 0.05) is 18.8 Å². The van der Waals surface area contributed by atoms with Crippen molar-refractivity contribution < 1.29 is 0 Å². The molecule has 0 saturated carbocycles. The molecule has 1 aliphatic heterocycles. The van der Waals surface area contributed by atoms with Crippen LogP contribution in [-0.2, 0) is 0 Å². The molecule has 0 bridgehead atoms. The fourth-order valence-corrected chi connectivity index (χ4v) is 2.62. The maximum absolute atomic E-state index is 3.44. The number of anilines is 1. The molecular formula is C15H25ClN2. The van der Waals surface area contributed by atoms with Crippen molar-refractivity contribution in [3.8, 4) is 0 Å². The van der Waals surface area contributed by atoms with E-state index in [1.54, 1.807) is 0 Å². The van der Waals surface area contributed by atoms with Crippen LogP contribution in [0.3, 0.4) is 0 Å². The third-order valence-corrected chi connectivity index (χ3v) is 3.69. The number of hydrogen-bond donors (Lipinski definition) is 1. The summed E-state index contributed by atoms with van der Waals surface area (Å²) < 4.78 is 0. The molecule has 1 heterocycles. The van der Waals surface area contributed by atoms with Gasteiger partial charge in [-0.1, -0.05) is 12.1 Å². The predicted molar refractivity (Wildman–Crippen MR) is 81.9 cm³/mol. The summed E-state index contributed by atoms with van der Waals surface area (Å²) in [7, 11) is 0. The number of rotatable bonds is 4. The Morgan fingerprint density at radius 1 is 1.28 bits per heavy atom. The van der Waals surface area contributed by atoms with Crippen molar-refractivity contribution in [3.05, 3.63) is 29.8 Å². The summed E-state index contributed by atoms with van der Waals surface area (Å²) in [6.45, 7) is 9.12. The van der Waals surface area contributed by atoms with E-state index in [1.165, 1.54) is 43.7 Å². The van der Waals surface area contributed by atoms with E-state index in [0.717, 1.165) is 12.5 Å². The first-order chi connectivity index (χ1) is 8.29. The van der Waals surface area contributed by atoms with E-state index in [2.05, 4.69) is 48.3 Å². The summed E-state index contributed by atoms with van der Waals surface area (Å²) in [5.74, 6) is 0.858. The van der Waals surface area contributed by atoms with Gasteiger partial charge in [-0.2, -0.15) is 0 Å². The maximum atomic E-state index is 3.44. The van der Waals surface area contributed by atoms with Gasteiger partial charge in [0.25, 0.3) is 0 Å². The van der Waals surface area contributed by atoms with Crippen LogP contribution < -0.4 is 10.2 Å². The highest BCUT2D eigenvalue weighted by molar-refractivity contribution is 5.85. The highest BCUT2D eigenvalue weighted by atomic mass is 35.5. The molecule has 0 atom stereocenters. The number of piperidine rings is 1. The Hall–Kier alpha value is -0.730. The molecule has 18 heavy (non-hydrogen) atoms. The zero-order chi connectivity index (χ0) is 12.1. The van der Waals surface area contributed by atoms with Crippen LogP contribution in [0.25, 0.3) is 0 Å². The highest BCUT2D eigenvalue weighted by Crippen LogP contribution is 2.20. The molecule has 102 valence electrons. The van der Waals surface area contributed by atoms with Crippen LogP contribution in [0.5, 0.6) is 0 Å². The van der Waals surface area contributed by atoms with Crippen LogP contribution in [-0.4, -0.2) is 26.2 Å². The monoisotopic (exact) mass is 268 g/mol. The molecule has 1 fully saturated rings. The second kappa shape index (κ2) is 7.65. The van der Waals surface area contributed by atoms with Crippen LogP contribution in [0.15, 0.2) is 24.3 Å². The largest absolute Gasteiger partial charge is 0.372 e. The predicted octanol–water partition coefficient (Wildman–Crippen LogP) is 3.24. The van der Waals surface area contributed by atoms with Crippen LogP contribution in [0.4, 0.5) is 5.69 Å². The number of nitrogens with zero attached hydrogens (tertiary/aromatic N) is 1. The standard InChI is InChI=1S/C15H24N2.ClH/c1-3-17(12-14-7-9-16-10-8-14)15-6-4-5-13(2)11-15;/h4-6,11,14,16H,3,7-10,12H2,1-2H3;1H. The smallest absolute Gasteiger partial charge is 0.0368 e. The minimum atomic E-state index is 0. The Labute approximate surface area is 117 Å². The third-order valence-electron chi connectivity index (χ3n) is 3.69. The Kier molecular flexibility index (Phi) is 6.51. The molecule has 0 spiro atoms. The van der Waals surface area contributed by atoms with Crippen LogP contribution in [0.2, 0.25) is 0 Å². The third kappa shape index (κ3) is 4.18. The first-order valence-corrected chi connectivity index (χ1v) is 6.82. The van der Waals surface area contributed by atoms with Crippen LogP contribution in [0, 0.1) is 12.8 Å². The molecule has 0 aromatic heterocycles. The van der Waals surface area contributed by atoms with Crippen LogP contribution in [0.1, 0.15) is 25.3 Å². The van der Waals surface area contributed by atoms with E-state index in [0.29, 0.717) is 0 Å². The molecule has 1 aromatic rings. The van der Waals surface area contributed by atoms with Crippen molar-refractivity contribution in [1.82, 2.24) is 5.32 Å². The Balaban J connectivity index is 0.00000162. The molecule has 0 aliphatic carbocycles. The number of nitrogens with one attached hydrogen (secondary N) is 1. The fourth-order valence-electron chi connectivity index (χ4n) is 2.62. The minimum Gasteiger partial charge on any atom is -0.372 e. The van der Waals surface area contributed by atoms with Crippen molar-refractivity contribution in [2.24, 2.45) is 5.92 Å². The van der Waals surface area contributed by atoms with Gasteiger partial charge in [0.2, 0.25) is 0 Å². The zero-order valence-electron chi connectivity index (χ0n) is 11.5. The molecule has 1 N–H and O–H groups in total. The van der Waals surface area contributed by atoms with Gasteiger partial charge in [0.05, 0.1) is 0 Å². The quantitative estimate of drug-likeness (QED) is 0.902. The second-order valence-electron chi connectivity index (χ2n) is 5.07. The van der Waals surface area contributed by atoms with E-state index in [9.17, 15) is 0 Å². The Morgan fingerprint density at radius 3 is 2.61 bits per heavy atom. The first-order valence-electron chi connectivity index (χ1n) is 6.82. The number of benzene rings is 1. The lowest BCUT2D eigenvalue weighted by molar-refractivity contribution is 0.374. The lowest BCUT2D eigenvalue weighted by Crippen LogP contribution is -2.36. The van der Waals surface area contributed by atoms with Gasteiger partial charge in [-0.3, -0.25) is 0 Å². The average Bonchev–Trinajstić information content (AvgIpc) is 2.37. The molecule has 0 radical (unpaired) electrons. The molecule has 2 nitrogen and oxygen atoms in total. The van der Waals surface area contributed by atoms with Gasteiger partial charge in [-0.05, 0) is 63.4 Å². The number of hydrogen-bond acceptors (Lipinski definition) is 2. The number of halogens is 1. The SMILES string of the molecule is CCN(CC1CCNCC1)c1cccc(C)c1.Cl.